The minimum Gasteiger partial charge on any atom is -0.507 e. The fraction of sp³-hybridized carbons (Fsp3) is 0.188. The highest BCUT2D eigenvalue weighted by Crippen LogP contribution is 2.14. The first-order valence-electron chi connectivity index (χ1n) is 5.97. The van der Waals surface area contributed by atoms with Crippen LogP contribution in [0.5, 0.6) is 5.75 Å². The lowest BCUT2D eigenvalue weighted by molar-refractivity contribution is 0.0693. The fourth-order valence-corrected chi connectivity index (χ4v) is 1.55. The minimum atomic E-state index is -1.11. The van der Waals surface area contributed by atoms with E-state index >= 15 is 0 Å². The molecule has 3 nitrogen and oxygen atoms in total. The zero-order chi connectivity index (χ0) is 14.4. The topological polar surface area (TPSA) is 57.5 Å². The van der Waals surface area contributed by atoms with Gasteiger partial charge in [0.15, 0.2) is 0 Å². The van der Waals surface area contributed by atoms with Crippen LogP contribution in [0.25, 0.3) is 0 Å². The monoisotopic (exact) mass is 258 g/mol. The van der Waals surface area contributed by atoms with Crippen LogP contribution >= 0.6 is 0 Å². The van der Waals surface area contributed by atoms with E-state index in [1.807, 2.05) is 0 Å². The van der Waals surface area contributed by atoms with Gasteiger partial charge in [-0.05, 0) is 44.0 Å². The van der Waals surface area contributed by atoms with Crippen molar-refractivity contribution >= 4 is 5.97 Å². The minimum absolute atomic E-state index is 0.0671. The van der Waals surface area contributed by atoms with Crippen LogP contribution in [0.1, 0.15) is 27.0 Å². The molecule has 0 bridgehead atoms. The highest BCUT2D eigenvalue weighted by atomic mass is 16.4. The number of benzene rings is 2. The lowest BCUT2D eigenvalue weighted by Gasteiger charge is -1.98. The summed E-state index contributed by atoms with van der Waals surface area (Å²) in [7, 11) is 0. The maximum atomic E-state index is 10.3. The molecule has 0 aliphatic carbocycles. The van der Waals surface area contributed by atoms with E-state index in [0.717, 1.165) is 0 Å². The molecule has 0 aliphatic rings. The van der Waals surface area contributed by atoms with Crippen LogP contribution < -0.4 is 0 Å². The van der Waals surface area contributed by atoms with Crippen LogP contribution in [-0.2, 0) is 0 Å². The van der Waals surface area contributed by atoms with Gasteiger partial charge in [0.05, 0.1) is 0 Å². The summed E-state index contributed by atoms with van der Waals surface area (Å²) in [5.41, 5.74) is 4.04. The number of hydrogen-bond donors (Lipinski definition) is 2. The Morgan fingerprint density at radius 3 is 2.00 bits per heavy atom. The predicted molar refractivity (Wildman–Crippen MR) is 75.7 cm³/mol. The second kappa shape index (κ2) is 6.59. The Morgan fingerprint density at radius 1 is 0.947 bits per heavy atom. The third-order valence-electron chi connectivity index (χ3n) is 2.80. The predicted octanol–water partition coefficient (Wildman–Crippen LogP) is 3.70. The molecule has 0 atom stereocenters. The molecular weight excluding hydrogens is 240 g/mol. The molecular formula is C16H18O3. The number of carbonyl (C=O) groups is 1. The van der Waals surface area contributed by atoms with E-state index in [2.05, 4.69) is 39.0 Å². The summed E-state index contributed by atoms with van der Waals surface area (Å²) in [5, 5.41) is 17.3. The van der Waals surface area contributed by atoms with Crippen molar-refractivity contribution in [3.8, 4) is 5.75 Å². The first-order valence-corrected chi connectivity index (χ1v) is 5.97. The summed E-state index contributed by atoms with van der Waals surface area (Å²) in [6.07, 6.45) is 0. The summed E-state index contributed by atoms with van der Waals surface area (Å²) in [6, 6.07) is 12.3. The van der Waals surface area contributed by atoms with Crippen LogP contribution in [0.4, 0.5) is 0 Å². The number of aromatic hydroxyl groups is 1. The SMILES string of the molecule is Cc1ccc(C)c(C)c1.O=C(O)c1ccccc1O. The number of carboxylic acid groups (broad SMARTS) is 1. The van der Waals surface area contributed by atoms with Gasteiger partial charge in [-0.2, -0.15) is 0 Å². The quantitative estimate of drug-likeness (QED) is 0.820. The number of rotatable bonds is 1. The third kappa shape index (κ3) is 4.47. The molecule has 0 fully saturated rings. The normalized spacial score (nSPS) is 9.42. The van der Waals surface area contributed by atoms with Crippen LogP contribution in [0.15, 0.2) is 42.5 Å². The molecule has 2 aromatic rings. The molecule has 0 unspecified atom stereocenters. The number of aromatic carboxylic acids is 1. The number of para-hydroxylation sites is 1. The smallest absolute Gasteiger partial charge is 0.339 e. The molecule has 100 valence electrons. The molecule has 0 saturated carbocycles. The Kier molecular flexibility index (Phi) is 5.12. The molecule has 2 aromatic carbocycles. The fourth-order valence-electron chi connectivity index (χ4n) is 1.55. The summed E-state index contributed by atoms with van der Waals surface area (Å²) in [4.78, 5) is 10.3. The number of phenols is 1. The van der Waals surface area contributed by atoms with Gasteiger partial charge < -0.3 is 10.2 Å². The standard InChI is InChI=1S/C9H12.C7H6O3/c1-7-4-5-8(2)9(3)6-7;8-6-4-2-1-3-5(6)7(9)10/h4-6H,1-3H3;1-4,8H,(H,9,10). The highest BCUT2D eigenvalue weighted by Gasteiger charge is 2.05. The van der Waals surface area contributed by atoms with E-state index in [1.54, 1.807) is 12.1 Å². The summed E-state index contributed by atoms with van der Waals surface area (Å²) < 4.78 is 0. The second-order valence-corrected chi connectivity index (χ2v) is 4.41. The van der Waals surface area contributed by atoms with E-state index in [0.29, 0.717) is 0 Å². The average molecular weight is 258 g/mol. The van der Waals surface area contributed by atoms with E-state index in [4.69, 9.17) is 10.2 Å². The summed E-state index contributed by atoms with van der Waals surface area (Å²) in [6.45, 7) is 6.39. The maximum absolute atomic E-state index is 10.3. The largest absolute Gasteiger partial charge is 0.507 e. The Labute approximate surface area is 113 Å². The molecule has 0 aliphatic heterocycles. The summed E-state index contributed by atoms with van der Waals surface area (Å²) >= 11 is 0. The van der Waals surface area contributed by atoms with Gasteiger partial charge in [0.2, 0.25) is 0 Å². The first kappa shape index (κ1) is 14.8. The van der Waals surface area contributed by atoms with Crippen molar-refractivity contribution in [1.82, 2.24) is 0 Å². The number of aryl methyl sites for hydroxylation is 3. The van der Waals surface area contributed by atoms with Gasteiger partial charge in [0, 0.05) is 0 Å². The molecule has 0 spiro atoms. The van der Waals surface area contributed by atoms with Gasteiger partial charge in [-0.1, -0.05) is 35.9 Å². The number of hydrogen-bond acceptors (Lipinski definition) is 2. The molecule has 0 heterocycles. The lowest BCUT2D eigenvalue weighted by Crippen LogP contribution is -1.95. The van der Waals surface area contributed by atoms with Gasteiger partial charge in [0.1, 0.15) is 11.3 Å². The first-order chi connectivity index (χ1) is 8.91. The van der Waals surface area contributed by atoms with Crippen molar-refractivity contribution in [2.45, 2.75) is 20.8 Å². The summed E-state index contributed by atoms with van der Waals surface area (Å²) in [5.74, 6) is -1.31. The zero-order valence-corrected chi connectivity index (χ0v) is 11.3. The van der Waals surface area contributed by atoms with Gasteiger partial charge in [0.25, 0.3) is 0 Å². The van der Waals surface area contributed by atoms with E-state index in [-0.39, 0.29) is 11.3 Å². The van der Waals surface area contributed by atoms with Crippen molar-refractivity contribution in [1.29, 1.82) is 0 Å². The molecule has 0 aromatic heterocycles. The van der Waals surface area contributed by atoms with Gasteiger partial charge in [-0.3, -0.25) is 0 Å². The van der Waals surface area contributed by atoms with Crippen molar-refractivity contribution < 1.29 is 15.0 Å². The highest BCUT2D eigenvalue weighted by molar-refractivity contribution is 5.90. The van der Waals surface area contributed by atoms with Crippen molar-refractivity contribution in [2.75, 3.05) is 0 Å². The lowest BCUT2D eigenvalue weighted by atomic mass is 10.1. The van der Waals surface area contributed by atoms with Gasteiger partial charge in [-0.15, -0.1) is 0 Å². The van der Waals surface area contributed by atoms with Crippen molar-refractivity contribution in [3.63, 3.8) is 0 Å². The van der Waals surface area contributed by atoms with Crippen LogP contribution in [0.2, 0.25) is 0 Å². The number of carboxylic acids is 1. The van der Waals surface area contributed by atoms with E-state index < -0.39 is 5.97 Å². The van der Waals surface area contributed by atoms with Crippen LogP contribution in [0, 0.1) is 20.8 Å². The molecule has 2 N–H and O–H groups in total. The molecule has 0 amide bonds. The third-order valence-corrected chi connectivity index (χ3v) is 2.80. The van der Waals surface area contributed by atoms with Gasteiger partial charge >= 0.3 is 5.97 Å². The van der Waals surface area contributed by atoms with Crippen molar-refractivity contribution in [2.24, 2.45) is 0 Å². The molecule has 3 heteroatoms. The Morgan fingerprint density at radius 2 is 1.58 bits per heavy atom. The molecule has 0 radical (unpaired) electrons. The van der Waals surface area contributed by atoms with Crippen molar-refractivity contribution in [3.05, 3.63) is 64.7 Å². The zero-order valence-electron chi connectivity index (χ0n) is 11.3. The Balaban J connectivity index is 0.000000191. The van der Waals surface area contributed by atoms with Gasteiger partial charge in [-0.25, -0.2) is 4.79 Å². The maximum Gasteiger partial charge on any atom is 0.339 e. The van der Waals surface area contributed by atoms with E-state index in [9.17, 15) is 4.79 Å². The van der Waals surface area contributed by atoms with Crippen LogP contribution in [0.3, 0.4) is 0 Å². The second-order valence-electron chi connectivity index (χ2n) is 4.41. The Hall–Kier alpha value is -2.29. The molecule has 19 heavy (non-hydrogen) atoms. The molecule has 2 rings (SSSR count). The Bertz CT molecular complexity index is 574. The molecule has 0 saturated heterocycles. The average Bonchev–Trinajstić information content (AvgIpc) is 2.35. The van der Waals surface area contributed by atoms with Crippen LogP contribution in [-0.4, -0.2) is 16.2 Å². The van der Waals surface area contributed by atoms with E-state index in [1.165, 1.54) is 28.8 Å².